The topological polar surface area (TPSA) is 24.4 Å². The van der Waals surface area contributed by atoms with E-state index in [1.54, 1.807) is 0 Å². The Bertz CT molecular complexity index is 432. The zero-order valence-corrected chi connectivity index (χ0v) is 14.6. The molecule has 0 aromatic carbocycles. The Hall–Kier alpha value is -0.480. The average Bonchev–Trinajstić information content (AvgIpc) is 2.91. The summed E-state index contributed by atoms with van der Waals surface area (Å²) in [6, 6.07) is 5.23. The van der Waals surface area contributed by atoms with Crippen LogP contribution in [0.25, 0.3) is 0 Å². The van der Waals surface area contributed by atoms with Crippen molar-refractivity contribution in [1.82, 2.24) is 5.32 Å². The van der Waals surface area contributed by atoms with E-state index in [2.05, 4.69) is 50.5 Å². The predicted octanol–water partition coefficient (Wildman–Crippen LogP) is 5.09. The second kappa shape index (κ2) is 6.99. The minimum absolute atomic E-state index is 0.261. The Morgan fingerprint density at radius 3 is 2.85 bits per heavy atom. The number of thioether (sulfide) groups is 1. The summed E-state index contributed by atoms with van der Waals surface area (Å²) in [4.78, 5) is 6.38. The molecule has 0 saturated carbocycles. The first-order valence-electron chi connectivity index (χ1n) is 7.51. The molecule has 0 fully saturated rings. The molecule has 2 unspecified atom stereocenters. The molecule has 1 aliphatic rings. The fourth-order valence-corrected chi connectivity index (χ4v) is 4.20. The Morgan fingerprint density at radius 1 is 1.45 bits per heavy atom. The van der Waals surface area contributed by atoms with Gasteiger partial charge in [0, 0.05) is 10.6 Å². The van der Waals surface area contributed by atoms with Crippen LogP contribution in [-0.2, 0) is 0 Å². The summed E-state index contributed by atoms with van der Waals surface area (Å²) < 4.78 is 0. The molecule has 1 N–H and O–H groups in total. The number of hydrogen-bond acceptors (Lipinski definition) is 4. The van der Waals surface area contributed by atoms with Gasteiger partial charge in [-0.15, -0.1) is 11.3 Å². The quantitative estimate of drug-likeness (QED) is 0.838. The molecular formula is C16H26N2S2. The Balaban J connectivity index is 2.08. The molecule has 4 heteroatoms. The third-order valence-corrected chi connectivity index (χ3v) is 5.59. The number of aliphatic imine (C=N–C) groups is 1. The van der Waals surface area contributed by atoms with Crippen molar-refractivity contribution in [2.24, 2.45) is 10.4 Å². The fraction of sp³-hybridized carbons (Fsp3) is 0.688. The third-order valence-electron chi connectivity index (χ3n) is 3.66. The highest BCUT2D eigenvalue weighted by Gasteiger charge is 2.28. The van der Waals surface area contributed by atoms with Gasteiger partial charge in [-0.05, 0) is 29.7 Å². The van der Waals surface area contributed by atoms with Crippen LogP contribution in [0.1, 0.15) is 57.9 Å². The summed E-state index contributed by atoms with van der Waals surface area (Å²) in [5, 5.41) is 6.99. The van der Waals surface area contributed by atoms with Crippen molar-refractivity contribution in [2.45, 2.75) is 59.0 Å². The lowest BCUT2D eigenvalue weighted by molar-refractivity contribution is 0.315. The average molecular weight is 311 g/mol. The first kappa shape index (κ1) is 15.9. The lowest BCUT2D eigenvalue weighted by Crippen LogP contribution is -2.34. The smallest absolute Gasteiger partial charge is 0.157 e. The van der Waals surface area contributed by atoms with Crippen molar-refractivity contribution in [1.29, 1.82) is 0 Å². The molecule has 1 aromatic rings. The van der Waals surface area contributed by atoms with Crippen molar-refractivity contribution in [3.05, 3.63) is 22.4 Å². The van der Waals surface area contributed by atoms with Gasteiger partial charge in [-0.2, -0.15) is 0 Å². The maximum absolute atomic E-state index is 4.96. The van der Waals surface area contributed by atoms with Crippen LogP contribution >= 0.6 is 23.1 Å². The first-order valence-corrected chi connectivity index (χ1v) is 9.37. The van der Waals surface area contributed by atoms with Crippen LogP contribution in [0.5, 0.6) is 0 Å². The van der Waals surface area contributed by atoms with E-state index in [9.17, 15) is 0 Å². The van der Waals surface area contributed by atoms with E-state index in [1.807, 2.05) is 23.1 Å². The normalized spacial score (nSPS) is 21.4. The third kappa shape index (κ3) is 4.26. The number of nitrogens with one attached hydrogen (secondary N) is 1. The van der Waals surface area contributed by atoms with Gasteiger partial charge in [0.05, 0.1) is 12.1 Å². The van der Waals surface area contributed by atoms with Gasteiger partial charge in [-0.3, -0.25) is 4.99 Å². The van der Waals surface area contributed by atoms with E-state index in [0.717, 1.165) is 5.17 Å². The Morgan fingerprint density at radius 2 is 2.25 bits per heavy atom. The largest absolute Gasteiger partial charge is 0.357 e. The molecular weight excluding hydrogens is 284 g/mol. The zero-order valence-electron chi connectivity index (χ0n) is 13.0. The van der Waals surface area contributed by atoms with Crippen LogP contribution in [0.4, 0.5) is 0 Å². The maximum atomic E-state index is 4.96. The summed E-state index contributed by atoms with van der Waals surface area (Å²) >= 11 is 3.72. The van der Waals surface area contributed by atoms with E-state index in [0.29, 0.717) is 12.1 Å². The van der Waals surface area contributed by atoms with Crippen LogP contribution in [0.3, 0.4) is 0 Å². The van der Waals surface area contributed by atoms with Gasteiger partial charge < -0.3 is 5.32 Å². The summed E-state index contributed by atoms with van der Waals surface area (Å²) in [7, 11) is 0. The molecule has 20 heavy (non-hydrogen) atoms. The molecule has 2 rings (SSSR count). The summed E-state index contributed by atoms with van der Waals surface area (Å²) in [6.07, 6.45) is 3.55. The van der Waals surface area contributed by atoms with E-state index in [4.69, 9.17) is 4.99 Å². The Kier molecular flexibility index (Phi) is 5.56. The molecule has 0 amide bonds. The number of amidine groups is 1. The van der Waals surface area contributed by atoms with Crippen LogP contribution in [0.2, 0.25) is 0 Å². The van der Waals surface area contributed by atoms with Crippen LogP contribution < -0.4 is 5.32 Å². The van der Waals surface area contributed by atoms with Gasteiger partial charge in [-0.1, -0.05) is 51.9 Å². The van der Waals surface area contributed by atoms with Gasteiger partial charge in [0.25, 0.3) is 0 Å². The van der Waals surface area contributed by atoms with Crippen molar-refractivity contribution < 1.29 is 0 Å². The lowest BCUT2D eigenvalue weighted by atomic mass is 9.85. The number of nitrogens with zero attached hydrogens (tertiary/aromatic N) is 1. The number of rotatable bonds is 4. The van der Waals surface area contributed by atoms with Gasteiger partial charge >= 0.3 is 0 Å². The molecule has 0 spiro atoms. The zero-order chi connectivity index (χ0) is 14.6. The highest BCUT2D eigenvalue weighted by molar-refractivity contribution is 8.13. The molecule has 2 atom stereocenters. The highest BCUT2D eigenvalue weighted by Crippen LogP contribution is 2.31. The molecule has 1 aromatic heterocycles. The minimum atomic E-state index is 0.261. The van der Waals surface area contributed by atoms with E-state index in [1.165, 1.54) is 29.9 Å². The Labute approximate surface area is 131 Å². The van der Waals surface area contributed by atoms with Crippen LogP contribution in [0, 0.1) is 5.41 Å². The molecule has 0 bridgehead atoms. The monoisotopic (exact) mass is 310 g/mol. The van der Waals surface area contributed by atoms with Crippen molar-refractivity contribution in [2.75, 3.05) is 5.75 Å². The summed E-state index contributed by atoms with van der Waals surface area (Å²) in [6.45, 7) is 9.11. The van der Waals surface area contributed by atoms with Crippen molar-refractivity contribution >= 4 is 28.3 Å². The summed E-state index contributed by atoms with van der Waals surface area (Å²) in [5.41, 5.74) is 0.261. The molecule has 0 saturated heterocycles. The number of thiophene rings is 1. The standard InChI is InChI=1S/C16H26N2S2/c1-5-7-12(13-8-6-10-19-13)17-15-18-14(9-11-20-15)16(2,3)4/h6,8,10,12,14H,5,7,9,11H2,1-4H3,(H,17,18). The molecule has 112 valence electrons. The van der Waals surface area contributed by atoms with E-state index < -0.39 is 0 Å². The second-order valence-corrected chi connectivity index (χ2v) is 8.52. The van der Waals surface area contributed by atoms with E-state index in [-0.39, 0.29) is 5.41 Å². The molecule has 2 heterocycles. The van der Waals surface area contributed by atoms with Crippen LogP contribution in [-0.4, -0.2) is 17.0 Å². The molecule has 2 nitrogen and oxygen atoms in total. The SMILES string of the molecule is CCCC(NC1=NC(C(C)(C)C)CCS1)c1cccs1. The van der Waals surface area contributed by atoms with Crippen molar-refractivity contribution in [3.8, 4) is 0 Å². The molecule has 0 radical (unpaired) electrons. The fourth-order valence-electron chi connectivity index (χ4n) is 2.43. The van der Waals surface area contributed by atoms with Gasteiger partial charge in [0.1, 0.15) is 0 Å². The van der Waals surface area contributed by atoms with E-state index >= 15 is 0 Å². The first-order chi connectivity index (χ1) is 9.50. The van der Waals surface area contributed by atoms with Gasteiger partial charge in [0.15, 0.2) is 5.17 Å². The number of hydrogen-bond donors (Lipinski definition) is 1. The van der Waals surface area contributed by atoms with Crippen LogP contribution in [0.15, 0.2) is 22.5 Å². The van der Waals surface area contributed by atoms with Gasteiger partial charge in [0.2, 0.25) is 0 Å². The lowest BCUT2D eigenvalue weighted by Gasteiger charge is -2.32. The second-order valence-electron chi connectivity index (χ2n) is 6.45. The minimum Gasteiger partial charge on any atom is -0.357 e. The van der Waals surface area contributed by atoms with Crippen molar-refractivity contribution in [3.63, 3.8) is 0 Å². The highest BCUT2D eigenvalue weighted by atomic mass is 32.2. The predicted molar refractivity (Wildman–Crippen MR) is 92.9 cm³/mol. The molecule has 1 aliphatic heterocycles. The summed E-state index contributed by atoms with van der Waals surface area (Å²) in [5.74, 6) is 1.18. The van der Waals surface area contributed by atoms with Gasteiger partial charge in [-0.25, -0.2) is 0 Å². The molecule has 0 aliphatic carbocycles. The maximum Gasteiger partial charge on any atom is 0.157 e.